The second-order valence-electron chi connectivity index (χ2n) is 3.36. The first kappa shape index (κ1) is 14.4. The number of carbonyl (C=O) groups excluding carboxylic acids is 1. The van der Waals surface area contributed by atoms with Crippen LogP contribution in [0.2, 0.25) is 0 Å². The molecule has 1 amide bonds. The molecule has 0 aromatic carbocycles. The first-order valence-corrected chi connectivity index (χ1v) is 5.61. The zero-order valence-corrected chi connectivity index (χ0v) is 10.4. The number of halogens is 1. The average Bonchev–Trinajstić information content (AvgIpc) is 2.55. The molecule has 86 valence electrons. The maximum atomic E-state index is 11.2. The van der Waals surface area contributed by atoms with Gasteiger partial charge in [0.05, 0.1) is 0 Å². The molecule has 15 heavy (non-hydrogen) atoms. The Kier molecular flexibility index (Phi) is 7.38. The fraction of sp³-hybridized carbons (Fsp3) is 0.500. The van der Waals surface area contributed by atoms with E-state index in [1.165, 1.54) is 4.88 Å². The molecule has 0 aliphatic heterocycles. The molecule has 1 unspecified atom stereocenters. The Morgan fingerprint density at radius 1 is 1.67 bits per heavy atom. The Morgan fingerprint density at radius 2 is 2.40 bits per heavy atom. The molecule has 1 atom stereocenters. The predicted octanol–water partition coefficient (Wildman–Crippen LogP) is 1.57. The highest BCUT2D eigenvalue weighted by Crippen LogP contribution is 2.07. The molecule has 0 aliphatic rings. The summed E-state index contributed by atoms with van der Waals surface area (Å²) in [6.45, 7) is 2.53. The summed E-state index contributed by atoms with van der Waals surface area (Å²) >= 11 is 1.71. The minimum atomic E-state index is -0.0586. The van der Waals surface area contributed by atoms with Gasteiger partial charge < -0.3 is 11.1 Å². The summed E-state index contributed by atoms with van der Waals surface area (Å²) in [4.78, 5) is 12.5. The topological polar surface area (TPSA) is 55.1 Å². The number of hydrogen-bond donors (Lipinski definition) is 2. The molecule has 3 N–H and O–H groups in total. The van der Waals surface area contributed by atoms with Crippen molar-refractivity contribution in [2.24, 2.45) is 5.73 Å². The van der Waals surface area contributed by atoms with Crippen molar-refractivity contribution in [3.05, 3.63) is 22.4 Å². The van der Waals surface area contributed by atoms with E-state index in [0.717, 1.165) is 6.42 Å². The Bertz CT molecular complexity index is 275. The van der Waals surface area contributed by atoms with Gasteiger partial charge in [0.1, 0.15) is 0 Å². The maximum absolute atomic E-state index is 11.2. The fourth-order valence-corrected chi connectivity index (χ4v) is 1.85. The lowest BCUT2D eigenvalue weighted by atomic mass is 10.2. The Labute approximate surface area is 100 Å². The van der Waals surface area contributed by atoms with Crippen molar-refractivity contribution in [1.82, 2.24) is 5.32 Å². The highest BCUT2D eigenvalue weighted by molar-refractivity contribution is 7.09. The molecular weight excluding hydrogens is 232 g/mol. The molecule has 0 bridgehead atoms. The van der Waals surface area contributed by atoms with Gasteiger partial charge in [-0.1, -0.05) is 6.07 Å². The van der Waals surface area contributed by atoms with Crippen molar-refractivity contribution in [1.29, 1.82) is 0 Å². The van der Waals surface area contributed by atoms with Crippen LogP contribution in [0.4, 0.5) is 0 Å². The zero-order valence-electron chi connectivity index (χ0n) is 8.73. The van der Waals surface area contributed by atoms with Gasteiger partial charge in [0.15, 0.2) is 0 Å². The number of nitrogens with two attached hydrogens (primary N) is 1. The van der Waals surface area contributed by atoms with Crippen LogP contribution in [0.25, 0.3) is 0 Å². The quantitative estimate of drug-likeness (QED) is 0.831. The molecular formula is C10H17ClN2OS. The van der Waals surface area contributed by atoms with E-state index in [0.29, 0.717) is 13.0 Å². The van der Waals surface area contributed by atoms with Crippen LogP contribution in [-0.4, -0.2) is 18.5 Å². The molecule has 3 nitrogen and oxygen atoms in total. The summed E-state index contributed by atoms with van der Waals surface area (Å²) in [6, 6.07) is 4.03. The van der Waals surface area contributed by atoms with Crippen molar-refractivity contribution < 1.29 is 4.79 Å². The molecule has 0 radical (unpaired) electrons. The summed E-state index contributed by atoms with van der Waals surface area (Å²) in [5.74, 6) is 0.0385. The van der Waals surface area contributed by atoms with E-state index in [1.54, 1.807) is 11.3 Å². The predicted molar refractivity (Wildman–Crippen MR) is 66.5 cm³/mol. The van der Waals surface area contributed by atoms with Crippen molar-refractivity contribution in [3.8, 4) is 0 Å². The highest BCUT2D eigenvalue weighted by atomic mass is 35.5. The Hall–Kier alpha value is -0.580. The maximum Gasteiger partial charge on any atom is 0.221 e. The van der Waals surface area contributed by atoms with Gasteiger partial charge in [-0.05, 0) is 24.8 Å². The number of nitrogens with one attached hydrogen (secondary N) is 1. The van der Waals surface area contributed by atoms with Gasteiger partial charge in [0.2, 0.25) is 5.91 Å². The van der Waals surface area contributed by atoms with Crippen LogP contribution >= 0.6 is 23.7 Å². The van der Waals surface area contributed by atoms with Crippen molar-refractivity contribution in [3.63, 3.8) is 0 Å². The average molecular weight is 249 g/mol. The monoisotopic (exact) mass is 248 g/mol. The summed E-state index contributed by atoms with van der Waals surface area (Å²) in [5.41, 5.74) is 5.50. The van der Waals surface area contributed by atoms with Crippen LogP contribution in [0.5, 0.6) is 0 Å². The van der Waals surface area contributed by atoms with Gasteiger partial charge in [-0.3, -0.25) is 4.79 Å². The minimum Gasteiger partial charge on any atom is -0.356 e. The van der Waals surface area contributed by atoms with E-state index >= 15 is 0 Å². The third-order valence-electron chi connectivity index (χ3n) is 1.78. The van der Waals surface area contributed by atoms with E-state index in [9.17, 15) is 4.79 Å². The Morgan fingerprint density at radius 3 is 2.93 bits per heavy atom. The molecule has 0 fully saturated rings. The molecule has 0 aliphatic carbocycles. The molecule has 0 saturated carbocycles. The van der Waals surface area contributed by atoms with Crippen LogP contribution in [0.3, 0.4) is 0 Å². The third-order valence-corrected chi connectivity index (χ3v) is 2.72. The SMILES string of the molecule is CC(N)CC(=O)NCCc1cccs1.Cl. The lowest BCUT2D eigenvalue weighted by Gasteiger charge is -2.05. The largest absolute Gasteiger partial charge is 0.356 e. The van der Waals surface area contributed by atoms with Gasteiger partial charge in [-0.15, -0.1) is 23.7 Å². The summed E-state index contributed by atoms with van der Waals surface area (Å²) in [5, 5.41) is 4.88. The molecule has 5 heteroatoms. The van der Waals surface area contributed by atoms with Gasteiger partial charge >= 0.3 is 0 Å². The number of carbonyl (C=O) groups is 1. The second-order valence-corrected chi connectivity index (χ2v) is 4.39. The second kappa shape index (κ2) is 7.68. The van der Waals surface area contributed by atoms with E-state index in [-0.39, 0.29) is 24.4 Å². The van der Waals surface area contributed by atoms with Crippen molar-refractivity contribution in [2.45, 2.75) is 25.8 Å². The van der Waals surface area contributed by atoms with E-state index in [2.05, 4.69) is 11.4 Å². The van der Waals surface area contributed by atoms with Gasteiger partial charge in [0.25, 0.3) is 0 Å². The van der Waals surface area contributed by atoms with E-state index in [1.807, 2.05) is 18.4 Å². The molecule has 1 aromatic rings. The van der Waals surface area contributed by atoms with Crippen LogP contribution in [0.15, 0.2) is 17.5 Å². The zero-order chi connectivity index (χ0) is 10.4. The fourth-order valence-electron chi connectivity index (χ4n) is 1.14. The lowest BCUT2D eigenvalue weighted by Crippen LogP contribution is -2.31. The molecule has 1 heterocycles. The standard InChI is InChI=1S/C10H16N2OS.ClH/c1-8(11)7-10(13)12-5-4-9-3-2-6-14-9;/h2-3,6,8H,4-5,7,11H2,1H3,(H,12,13);1H. The van der Waals surface area contributed by atoms with Crippen LogP contribution in [0, 0.1) is 0 Å². The van der Waals surface area contributed by atoms with Crippen LogP contribution in [0.1, 0.15) is 18.2 Å². The van der Waals surface area contributed by atoms with Crippen LogP contribution < -0.4 is 11.1 Å². The summed E-state index contributed by atoms with van der Waals surface area (Å²) in [6.07, 6.45) is 1.31. The third kappa shape index (κ3) is 6.49. The molecule has 1 rings (SSSR count). The van der Waals surface area contributed by atoms with E-state index in [4.69, 9.17) is 5.73 Å². The first-order valence-electron chi connectivity index (χ1n) is 4.73. The first-order chi connectivity index (χ1) is 6.68. The molecule has 0 spiro atoms. The summed E-state index contributed by atoms with van der Waals surface area (Å²) in [7, 11) is 0. The number of amides is 1. The van der Waals surface area contributed by atoms with Crippen LogP contribution in [-0.2, 0) is 11.2 Å². The summed E-state index contributed by atoms with van der Waals surface area (Å²) < 4.78 is 0. The van der Waals surface area contributed by atoms with Gasteiger partial charge in [-0.25, -0.2) is 0 Å². The number of thiophene rings is 1. The van der Waals surface area contributed by atoms with Gasteiger partial charge in [-0.2, -0.15) is 0 Å². The minimum absolute atomic E-state index is 0. The lowest BCUT2D eigenvalue weighted by molar-refractivity contribution is -0.121. The smallest absolute Gasteiger partial charge is 0.221 e. The van der Waals surface area contributed by atoms with Crippen molar-refractivity contribution >= 4 is 29.7 Å². The number of rotatable bonds is 5. The van der Waals surface area contributed by atoms with Gasteiger partial charge in [0, 0.05) is 23.9 Å². The normalized spacial score (nSPS) is 11.6. The Balaban J connectivity index is 0.00000196. The highest BCUT2D eigenvalue weighted by Gasteiger charge is 2.03. The molecule has 1 aromatic heterocycles. The number of hydrogen-bond acceptors (Lipinski definition) is 3. The van der Waals surface area contributed by atoms with Crippen molar-refractivity contribution in [2.75, 3.05) is 6.54 Å². The van der Waals surface area contributed by atoms with E-state index < -0.39 is 0 Å². The molecule has 0 saturated heterocycles.